The van der Waals surface area contributed by atoms with Crippen LogP contribution in [0.3, 0.4) is 0 Å². The molecule has 2 aliphatic rings. The van der Waals surface area contributed by atoms with Gasteiger partial charge in [-0.15, -0.1) is 0 Å². The molecule has 0 aromatic heterocycles. The molecule has 13 heavy (non-hydrogen) atoms. The zero-order valence-corrected chi connectivity index (χ0v) is 8.05. The number of hydrogen-bond acceptors (Lipinski definition) is 3. The minimum Gasteiger partial charge on any atom is -0.339 e. The molecule has 0 bridgehead atoms. The van der Waals surface area contributed by atoms with Gasteiger partial charge in [0.15, 0.2) is 0 Å². The van der Waals surface area contributed by atoms with Gasteiger partial charge >= 0.3 is 0 Å². The lowest BCUT2D eigenvalue weighted by Gasteiger charge is -2.37. The van der Waals surface area contributed by atoms with E-state index in [1.807, 2.05) is 4.90 Å². The SMILES string of the molecule is C[C@H]1CN(C(=O)[C@H]2CCN2)CCN1. The van der Waals surface area contributed by atoms with Crippen LogP contribution >= 0.6 is 0 Å². The molecule has 0 aliphatic carbocycles. The van der Waals surface area contributed by atoms with Crippen LogP contribution in [-0.2, 0) is 4.79 Å². The Hall–Kier alpha value is -0.610. The molecule has 2 saturated heterocycles. The van der Waals surface area contributed by atoms with Crippen molar-refractivity contribution in [2.24, 2.45) is 0 Å². The van der Waals surface area contributed by atoms with Crippen molar-refractivity contribution in [3.63, 3.8) is 0 Å². The van der Waals surface area contributed by atoms with Gasteiger partial charge in [0.25, 0.3) is 0 Å². The zero-order chi connectivity index (χ0) is 9.26. The number of rotatable bonds is 1. The fourth-order valence-corrected chi connectivity index (χ4v) is 1.85. The Morgan fingerprint density at radius 1 is 1.38 bits per heavy atom. The van der Waals surface area contributed by atoms with E-state index in [1.165, 1.54) is 0 Å². The Kier molecular flexibility index (Phi) is 2.51. The number of carbonyl (C=O) groups is 1. The third kappa shape index (κ3) is 1.84. The van der Waals surface area contributed by atoms with Gasteiger partial charge in [-0.05, 0) is 19.9 Å². The molecule has 0 aromatic carbocycles. The first-order valence-corrected chi connectivity index (χ1v) is 5.03. The molecule has 2 atom stereocenters. The van der Waals surface area contributed by atoms with Crippen LogP contribution in [-0.4, -0.2) is 49.1 Å². The molecule has 2 fully saturated rings. The van der Waals surface area contributed by atoms with Crippen molar-refractivity contribution in [1.29, 1.82) is 0 Å². The topological polar surface area (TPSA) is 44.4 Å². The van der Waals surface area contributed by atoms with E-state index in [2.05, 4.69) is 17.6 Å². The van der Waals surface area contributed by atoms with E-state index in [-0.39, 0.29) is 6.04 Å². The van der Waals surface area contributed by atoms with E-state index in [0.717, 1.165) is 32.6 Å². The highest BCUT2D eigenvalue weighted by Crippen LogP contribution is 2.08. The Balaban J connectivity index is 1.87. The third-order valence-corrected chi connectivity index (χ3v) is 2.80. The second-order valence-corrected chi connectivity index (χ2v) is 3.93. The minimum atomic E-state index is 0.116. The fraction of sp³-hybridized carbons (Fsp3) is 0.889. The molecule has 4 nitrogen and oxygen atoms in total. The average molecular weight is 183 g/mol. The van der Waals surface area contributed by atoms with Crippen molar-refractivity contribution in [2.75, 3.05) is 26.2 Å². The first-order valence-electron chi connectivity index (χ1n) is 5.03. The van der Waals surface area contributed by atoms with Gasteiger partial charge in [0.2, 0.25) is 5.91 Å². The summed E-state index contributed by atoms with van der Waals surface area (Å²) in [5.74, 6) is 0.291. The molecule has 0 spiro atoms. The first kappa shape index (κ1) is 8.97. The van der Waals surface area contributed by atoms with E-state index in [0.29, 0.717) is 11.9 Å². The maximum atomic E-state index is 11.8. The standard InChI is InChI=1S/C9H17N3O/c1-7-6-12(5-4-10-7)9(13)8-2-3-11-8/h7-8,10-11H,2-6H2,1H3/t7-,8+/m0/s1. The lowest BCUT2D eigenvalue weighted by atomic mass is 10.1. The zero-order valence-electron chi connectivity index (χ0n) is 8.05. The van der Waals surface area contributed by atoms with E-state index in [9.17, 15) is 4.79 Å². The Morgan fingerprint density at radius 2 is 2.15 bits per heavy atom. The summed E-state index contributed by atoms with van der Waals surface area (Å²) in [4.78, 5) is 13.7. The van der Waals surface area contributed by atoms with Gasteiger partial charge < -0.3 is 15.5 Å². The Morgan fingerprint density at radius 3 is 2.69 bits per heavy atom. The van der Waals surface area contributed by atoms with Crippen LogP contribution in [0.1, 0.15) is 13.3 Å². The molecule has 74 valence electrons. The number of nitrogens with zero attached hydrogens (tertiary/aromatic N) is 1. The summed E-state index contributed by atoms with van der Waals surface area (Å²) in [6.07, 6.45) is 1.01. The molecular weight excluding hydrogens is 166 g/mol. The summed E-state index contributed by atoms with van der Waals surface area (Å²) >= 11 is 0. The van der Waals surface area contributed by atoms with Crippen molar-refractivity contribution in [3.8, 4) is 0 Å². The fourth-order valence-electron chi connectivity index (χ4n) is 1.85. The van der Waals surface area contributed by atoms with Crippen LogP contribution in [0, 0.1) is 0 Å². The molecule has 0 unspecified atom stereocenters. The molecule has 2 aliphatic heterocycles. The predicted octanol–water partition coefficient (Wildman–Crippen LogP) is -0.831. The second kappa shape index (κ2) is 3.64. The Labute approximate surface area is 78.7 Å². The van der Waals surface area contributed by atoms with Gasteiger partial charge in [-0.25, -0.2) is 0 Å². The summed E-state index contributed by atoms with van der Waals surface area (Å²) in [7, 11) is 0. The highest BCUT2D eigenvalue weighted by molar-refractivity contribution is 5.82. The van der Waals surface area contributed by atoms with Gasteiger partial charge in [0.1, 0.15) is 0 Å². The molecule has 0 saturated carbocycles. The van der Waals surface area contributed by atoms with E-state index >= 15 is 0 Å². The quantitative estimate of drug-likeness (QED) is 0.557. The van der Waals surface area contributed by atoms with Crippen molar-refractivity contribution in [1.82, 2.24) is 15.5 Å². The van der Waals surface area contributed by atoms with Gasteiger partial charge in [-0.2, -0.15) is 0 Å². The van der Waals surface area contributed by atoms with Gasteiger partial charge in [0, 0.05) is 25.7 Å². The number of amides is 1. The summed E-state index contributed by atoms with van der Waals surface area (Å²) < 4.78 is 0. The van der Waals surface area contributed by atoms with E-state index < -0.39 is 0 Å². The number of hydrogen-bond donors (Lipinski definition) is 2. The van der Waals surface area contributed by atoms with Gasteiger partial charge in [-0.3, -0.25) is 4.79 Å². The molecule has 2 heterocycles. The van der Waals surface area contributed by atoms with Crippen molar-refractivity contribution in [3.05, 3.63) is 0 Å². The number of piperazine rings is 1. The third-order valence-electron chi connectivity index (χ3n) is 2.80. The maximum Gasteiger partial charge on any atom is 0.239 e. The first-order chi connectivity index (χ1) is 6.27. The van der Waals surface area contributed by atoms with Gasteiger partial charge in [-0.1, -0.05) is 0 Å². The number of carbonyl (C=O) groups excluding carboxylic acids is 1. The monoisotopic (exact) mass is 183 g/mol. The summed E-state index contributed by atoms with van der Waals surface area (Å²) in [5.41, 5.74) is 0. The van der Waals surface area contributed by atoms with Crippen LogP contribution < -0.4 is 10.6 Å². The van der Waals surface area contributed by atoms with Crippen molar-refractivity contribution >= 4 is 5.91 Å². The minimum absolute atomic E-state index is 0.116. The number of nitrogens with one attached hydrogen (secondary N) is 2. The summed E-state index contributed by atoms with van der Waals surface area (Å²) in [6.45, 7) is 5.77. The highest BCUT2D eigenvalue weighted by Gasteiger charge is 2.30. The summed E-state index contributed by atoms with van der Waals surface area (Å²) in [6, 6.07) is 0.558. The molecular formula is C9H17N3O. The molecule has 2 rings (SSSR count). The second-order valence-electron chi connectivity index (χ2n) is 3.93. The van der Waals surface area contributed by atoms with Crippen LogP contribution in [0.2, 0.25) is 0 Å². The molecule has 1 amide bonds. The van der Waals surface area contributed by atoms with E-state index in [1.54, 1.807) is 0 Å². The van der Waals surface area contributed by atoms with Crippen LogP contribution in [0.4, 0.5) is 0 Å². The molecule has 4 heteroatoms. The smallest absolute Gasteiger partial charge is 0.239 e. The molecule has 2 N–H and O–H groups in total. The van der Waals surface area contributed by atoms with Crippen LogP contribution in [0.25, 0.3) is 0 Å². The van der Waals surface area contributed by atoms with Crippen molar-refractivity contribution < 1.29 is 4.79 Å². The maximum absolute atomic E-state index is 11.8. The highest BCUT2D eigenvalue weighted by atomic mass is 16.2. The lowest BCUT2D eigenvalue weighted by Crippen LogP contribution is -2.59. The van der Waals surface area contributed by atoms with Gasteiger partial charge in [0.05, 0.1) is 6.04 Å². The normalized spacial score (nSPS) is 34.1. The predicted molar refractivity (Wildman–Crippen MR) is 50.5 cm³/mol. The van der Waals surface area contributed by atoms with Crippen LogP contribution in [0.15, 0.2) is 0 Å². The molecule has 0 aromatic rings. The van der Waals surface area contributed by atoms with Crippen LogP contribution in [0.5, 0.6) is 0 Å². The molecule has 0 radical (unpaired) electrons. The Bertz CT molecular complexity index is 203. The average Bonchev–Trinajstić information content (AvgIpc) is 2.01. The lowest BCUT2D eigenvalue weighted by molar-refractivity contribution is -0.136. The largest absolute Gasteiger partial charge is 0.339 e. The van der Waals surface area contributed by atoms with E-state index in [4.69, 9.17) is 0 Å². The van der Waals surface area contributed by atoms with Crippen molar-refractivity contribution in [2.45, 2.75) is 25.4 Å². The summed E-state index contributed by atoms with van der Waals surface area (Å²) in [5, 5.41) is 6.47.